The number of nitrogens with two attached hydrogens (primary N) is 1. The van der Waals surface area contributed by atoms with Crippen LogP contribution >= 0.6 is 0 Å². The van der Waals surface area contributed by atoms with Crippen LogP contribution in [0.15, 0.2) is 53.8 Å². The molecule has 3 N–H and O–H groups in total. The number of amidine groups is 1. The lowest BCUT2D eigenvalue weighted by molar-refractivity contribution is -0.140. The first kappa shape index (κ1) is 17.5. The second-order valence-electron chi connectivity index (χ2n) is 5.29. The summed E-state index contributed by atoms with van der Waals surface area (Å²) in [6.07, 6.45) is -3.25. The number of oxime groups is 1. The molecule has 0 bridgehead atoms. The molecule has 134 valence electrons. The van der Waals surface area contributed by atoms with Gasteiger partial charge >= 0.3 is 12.1 Å². The lowest BCUT2D eigenvalue weighted by atomic mass is 10.1. The van der Waals surface area contributed by atoms with E-state index >= 15 is 0 Å². The molecule has 0 saturated carbocycles. The van der Waals surface area contributed by atoms with Crippen molar-refractivity contribution in [2.24, 2.45) is 10.9 Å². The number of benzene rings is 2. The van der Waals surface area contributed by atoms with Crippen LogP contribution in [0.5, 0.6) is 0 Å². The number of carbonyl (C=O) groups is 1. The Bertz CT molecular complexity index is 1010. The third-order valence-electron chi connectivity index (χ3n) is 3.61. The Hall–Kier alpha value is -3.36. The second kappa shape index (κ2) is 6.51. The fourth-order valence-electron chi connectivity index (χ4n) is 2.37. The maximum absolute atomic E-state index is 13.3. The van der Waals surface area contributed by atoms with Gasteiger partial charge in [0.2, 0.25) is 0 Å². The molecule has 1 aromatic heterocycles. The van der Waals surface area contributed by atoms with Crippen molar-refractivity contribution < 1.29 is 27.2 Å². The summed E-state index contributed by atoms with van der Waals surface area (Å²) < 4.78 is 51.4. The molecular weight excluding hydrogens is 354 g/mol. The number of rotatable bonds is 3. The minimum atomic E-state index is -4.94. The van der Waals surface area contributed by atoms with Gasteiger partial charge in [0.15, 0.2) is 5.84 Å². The van der Waals surface area contributed by atoms with Crippen LogP contribution in [-0.4, -0.2) is 16.8 Å². The van der Waals surface area contributed by atoms with Crippen LogP contribution in [-0.2, 0) is 11.0 Å². The van der Waals surface area contributed by atoms with Gasteiger partial charge in [0.1, 0.15) is 5.82 Å². The molecule has 1 heterocycles. The number of aromatic nitrogens is 1. The number of alkyl halides is 3. The van der Waals surface area contributed by atoms with Crippen LogP contribution in [0, 0.1) is 5.82 Å². The van der Waals surface area contributed by atoms with Gasteiger partial charge in [-0.25, -0.2) is 9.18 Å². The molecular formula is C17H11F4N3O2. The zero-order valence-electron chi connectivity index (χ0n) is 13.0. The molecule has 9 heteroatoms. The van der Waals surface area contributed by atoms with Crippen LogP contribution in [0.4, 0.5) is 17.6 Å². The summed E-state index contributed by atoms with van der Waals surface area (Å²) >= 11 is 0. The Kier molecular flexibility index (Phi) is 4.37. The summed E-state index contributed by atoms with van der Waals surface area (Å²) in [5.41, 5.74) is 4.97. The predicted octanol–water partition coefficient (Wildman–Crippen LogP) is 3.80. The molecule has 5 nitrogen and oxygen atoms in total. The SMILES string of the molecule is N/C(=N\OC(=O)c1ccc(F)c(C(F)(F)F)c1)c1cccc2[nH]ccc12. The number of hydrogen-bond acceptors (Lipinski definition) is 3. The van der Waals surface area contributed by atoms with E-state index in [9.17, 15) is 22.4 Å². The van der Waals surface area contributed by atoms with Crippen molar-refractivity contribution in [1.29, 1.82) is 0 Å². The number of nitrogens with one attached hydrogen (secondary N) is 1. The fraction of sp³-hybridized carbons (Fsp3) is 0.0588. The van der Waals surface area contributed by atoms with E-state index in [1.165, 1.54) is 0 Å². The zero-order chi connectivity index (χ0) is 18.9. The van der Waals surface area contributed by atoms with Gasteiger partial charge in [-0.1, -0.05) is 17.3 Å². The van der Waals surface area contributed by atoms with E-state index < -0.39 is 29.1 Å². The van der Waals surface area contributed by atoms with Crippen molar-refractivity contribution in [2.75, 3.05) is 0 Å². The highest BCUT2D eigenvalue weighted by Gasteiger charge is 2.34. The summed E-state index contributed by atoms with van der Waals surface area (Å²) in [5, 5.41) is 4.20. The maximum Gasteiger partial charge on any atom is 0.419 e. The lowest BCUT2D eigenvalue weighted by Crippen LogP contribution is -2.16. The summed E-state index contributed by atoms with van der Waals surface area (Å²) in [7, 11) is 0. The fourth-order valence-corrected chi connectivity index (χ4v) is 2.37. The number of halogens is 4. The maximum atomic E-state index is 13.3. The molecule has 0 aliphatic rings. The Labute approximate surface area is 144 Å². The highest BCUT2D eigenvalue weighted by molar-refractivity contribution is 6.08. The largest absolute Gasteiger partial charge is 0.419 e. The molecule has 0 spiro atoms. The van der Waals surface area contributed by atoms with E-state index in [2.05, 4.69) is 15.0 Å². The molecule has 0 unspecified atom stereocenters. The third kappa shape index (κ3) is 3.37. The predicted molar refractivity (Wildman–Crippen MR) is 85.8 cm³/mol. The summed E-state index contributed by atoms with van der Waals surface area (Å²) in [6, 6.07) is 8.64. The quantitative estimate of drug-likeness (QED) is 0.244. The minimum Gasteiger partial charge on any atom is -0.380 e. The van der Waals surface area contributed by atoms with E-state index in [1.54, 1.807) is 30.5 Å². The van der Waals surface area contributed by atoms with Crippen molar-refractivity contribution in [1.82, 2.24) is 4.98 Å². The molecule has 0 atom stereocenters. The molecule has 0 fully saturated rings. The molecule has 3 aromatic rings. The first-order chi connectivity index (χ1) is 12.3. The number of carbonyl (C=O) groups excluding carboxylic acids is 1. The van der Waals surface area contributed by atoms with E-state index in [0.29, 0.717) is 17.7 Å². The average molecular weight is 365 g/mol. The normalized spacial score (nSPS) is 12.4. The first-order valence-corrected chi connectivity index (χ1v) is 7.25. The monoisotopic (exact) mass is 365 g/mol. The first-order valence-electron chi connectivity index (χ1n) is 7.25. The minimum absolute atomic E-state index is 0.137. The van der Waals surface area contributed by atoms with Gasteiger partial charge in [0.25, 0.3) is 0 Å². The van der Waals surface area contributed by atoms with Gasteiger partial charge in [0, 0.05) is 22.7 Å². The van der Waals surface area contributed by atoms with Crippen LogP contribution < -0.4 is 5.73 Å². The number of hydrogen-bond donors (Lipinski definition) is 2. The number of fused-ring (bicyclic) bond motifs is 1. The standard InChI is InChI=1S/C17H11F4N3O2/c18-13-5-4-9(8-12(13)17(19,20)21)16(25)26-24-15(22)11-2-1-3-14-10(11)6-7-23-14/h1-8,23H,(H2,22,24). The second-order valence-corrected chi connectivity index (χ2v) is 5.29. The van der Waals surface area contributed by atoms with Gasteiger partial charge in [-0.15, -0.1) is 0 Å². The third-order valence-corrected chi connectivity index (χ3v) is 3.61. The highest BCUT2D eigenvalue weighted by atomic mass is 19.4. The molecule has 26 heavy (non-hydrogen) atoms. The van der Waals surface area contributed by atoms with E-state index in [-0.39, 0.29) is 5.84 Å². The van der Waals surface area contributed by atoms with Gasteiger partial charge in [-0.05, 0) is 30.3 Å². The van der Waals surface area contributed by atoms with Crippen LogP contribution in [0.25, 0.3) is 10.9 Å². The molecule has 0 aliphatic carbocycles. The van der Waals surface area contributed by atoms with Crippen molar-refractivity contribution in [2.45, 2.75) is 6.18 Å². The summed E-state index contributed by atoms with van der Waals surface area (Å²) in [5.74, 6) is -2.82. The molecule has 2 aromatic carbocycles. The van der Waals surface area contributed by atoms with Crippen molar-refractivity contribution in [3.63, 3.8) is 0 Å². The van der Waals surface area contributed by atoms with Gasteiger partial charge < -0.3 is 15.6 Å². The summed E-state index contributed by atoms with van der Waals surface area (Å²) in [4.78, 5) is 19.5. The van der Waals surface area contributed by atoms with Crippen LogP contribution in [0.3, 0.4) is 0 Å². The average Bonchev–Trinajstić information content (AvgIpc) is 3.07. The Morgan fingerprint density at radius 2 is 1.92 bits per heavy atom. The van der Waals surface area contributed by atoms with E-state index in [1.807, 2.05) is 0 Å². The summed E-state index contributed by atoms with van der Waals surface area (Å²) in [6.45, 7) is 0. The van der Waals surface area contributed by atoms with Crippen molar-refractivity contribution in [3.05, 3.63) is 71.2 Å². The molecule has 0 amide bonds. The van der Waals surface area contributed by atoms with Crippen LogP contribution in [0.2, 0.25) is 0 Å². The lowest BCUT2D eigenvalue weighted by Gasteiger charge is -2.09. The number of aromatic amines is 1. The molecule has 3 rings (SSSR count). The number of H-pyrrole nitrogens is 1. The zero-order valence-corrected chi connectivity index (χ0v) is 13.0. The van der Waals surface area contributed by atoms with Crippen molar-refractivity contribution in [3.8, 4) is 0 Å². The Morgan fingerprint density at radius 3 is 2.65 bits per heavy atom. The van der Waals surface area contributed by atoms with E-state index in [4.69, 9.17) is 5.73 Å². The topological polar surface area (TPSA) is 80.5 Å². The molecule has 0 saturated heterocycles. The smallest absolute Gasteiger partial charge is 0.380 e. The van der Waals surface area contributed by atoms with Crippen LogP contribution in [0.1, 0.15) is 21.5 Å². The van der Waals surface area contributed by atoms with Gasteiger partial charge in [0.05, 0.1) is 11.1 Å². The van der Waals surface area contributed by atoms with Gasteiger partial charge in [-0.3, -0.25) is 0 Å². The number of nitrogens with zero attached hydrogens (tertiary/aromatic N) is 1. The highest BCUT2D eigenvalue weighted by Crippen LogP contribution is 2.32. The molecule has 0 aliphatic heterocycles. The molecule has 0 radical (unpaired) electrons. The Balaban J connectivity index is 1.84. The Morgan fingerprint density at radius 1 is 1.15 bits per heavy atom. The van der Waals surface area contributed by atoms with Crippen molar-refractivity contribution >= 4 is 22.7 Å². The van der Waals surface area contributed by atoms with Gasteiger partial charge in [-0.2, -0.15) is 13.2 Å². The van der Waals surface area contributed by atoms with E-state index in [0.717, 1.165) is 17.0 Å².